The van der Waals surface area contributed by atoms with Gasteiger partial charge in [-0.2, -0.15) is 0 Å². The monoisotopic (exact) mass is 330 g/mol. The van der Waals surface area contributed by atoms with Crippen LogP contribution >= 0.6 is 27.5 Å². The summed E-state index contributed by atoms with van der Waals surface area (Å²) in [4.78, 5) is 23.0. The van der Waals surface area contributed by atoms with Gasteiger partial charge in [-0.05, 0) is 40.5 Å². The van der Waals surface area contributed by atoms with Gasteiger partial charge in [0.25, 0.3) is 0 Å². The van der Waals surface area contributed by atoms with E-state index in [1.54, 1.807) is 18.2 Å². The first-order valence-corrected chi connectivity index (χ1v) is 6.76. The van der Waals surface area contributed by atoms with E-state index in [-0.39, 0.29) is 17.7 Å². The fourth-order valence-corrected chi connectivity index (χ4v) is 2.30. The number of carbonyl (C=O) groups is 2. The zero-order valence-corrected chi connectivity index (χ0v) is 11.8. The smallest absolute Gasteiger partial charge is 0.229 e. The maximum atomic E-state index is 12.0. The van der Waals surface area contributed by atoms with Crippen LogP contribution in [0.2, 0.25) is 5.02 Å². The van der Waals surface area contributed by atoms with Crippen LogP contribution in [0, 0.1) is 5.92 Å². The average Bonchev–Trinajstić information content (AvgIpc) is 2.34. The third-order valence-electron chi connectivity index (χ3n) is 2.82. The molecule has 2 N–H and O–H groups in total. The van der Waals surface area contributed by atoms with Crippen molar-refractivity contribution in [2.75, 3.05) is 11.9 Å². The summed E-state index contributed by atoms with van der Waals surface area (Å²) in [5.74, 6) is -0.283. The van der Waals surface area contributed by atoms with Gasteiger partial charge in [0.15, 0.2) is 0 Å². The predicted molar refractivity (Wildman–Crippen MR) is 73.5 cm³/mol. The van der Waals surface area contributed by atoms with Gasteiger partial charge >= 0.3 is 0 Å². The van der Waals surface area contributed by atoms with Gasteiger partial charge in [0.2, 0.25) is 11.8 Å². The number of halogens is 2. The lowest BCUT2D eigenvalue weighted by Gasteiger charge is -2.21. The molecule has 1 saturated heterocycles. The van der Waals surface area contributed by atoms with E-state index in [0.717, 1.165) is 4.47 Å². The van der Waals surface area contributed by atoms with Gasteiger partial charge in [0.05, 0.1) is 11.6 Å². The van der Waals surface area contributed by atoms with Crippen molar-refractivity contribution < 1.29 is 9.59 Å². The van der Waals surface area contributed by atoms with Crippen molar-refractivity contribution in [2.45, 2.75) is 12.8 Å². The van der Waals surface area contributed by atoms with Crippen LogP contribution in [0.25, 0.3) is 0 Å². The number of piperidine rings is 1. The van der Waals surface area contributed by atoms with Crippen LogP contribution in [-0.4, -0.2) is 18.4 Å². The fraction of sp³-hybridized carbons (Fsp3) is 0.333. The topological polar surface area (TPSA) is 58.2 Å². The van der Waals surface area contributed by atoms with Gasteiger partial charge in [-0.3, -0.25) is 9.59 Å². The SMILES string of the molecule is O=C1CCC(C(=O)Nc2cc(Cl)ccc2Br)CN1. The van der Waals surface area contributed by atoms with Crippen molar-refractivity contribution in [3.05, 3.63) is 27.7 Å². The summed E-state index contributed by atoms with van der Waals surface area (Å²) in [7, 11) is 0. The molecular weight excluding hydrogens is 320 g/mol. The van der Waals surface area contributed by atoms with Crippen LogP contribution in [0.3, 0.4) is 0 Å². The number of benzene rings is 1. The van der Waals surface area contributed by atoms with Crippen molar-refractivity contribution in [3.8, 4) is 0 Å². The van der Waals surface area contributed by atoms with E-state index in [9.17, 15) is 9.59 Å². The Morgan fingerprint density at radius 1 is 1.50 bits per heavy atom. The molecule has 1 aromatic carbocycles. The summed E-state index contributed by atoms with van der Waals surface area (Å²) < 4.78 is 0.778. The molecule has 1 aliphatic heterocycles. The molecule has 2 amide bonds. The second-order valence-corrected chi connectivity index (χ2v) is 5.44. The molecule has 1 aliphatic rings. The van der Waals surface area contributed by atoms with Gasteiger partial charge in [-0.15, -0.1) is 0 Å². The van der Waals surface area contributed by atoms with Crippen LogP contribution in [-0.2, 0) is 9.59 Å². The van der Waals surface area contributed by atoms with E-state index in [2.05, 4.69) is 26.6 Å². The molecule has 1 heterocycles. The van der Waals surface area contributed by atoms with Gasteiger partial charge in [-0.25, -0.2) is 0 Å². The second-order valence-electron chi connectivity index (χ2n) is 4.15. The number of amides is 2. The first-order chi connectivity index (χ1) is 8.56. The first-order valence-electron chi connectivity index (χ1n) is 5.59. The minimum absolute atomic E-state index is 0.00276. The molecule has 0 spiro atoms. The van der Waals surface area contributed by atoms with Crippen molar-refractivity contribution in [3.63, 3.8) is 0 Å². The Labute approximate surface area is 118 Å². The third kappa shape index (κ3) is 3.23. The van der Waals surface area contributed by atoms with E-state index >= 15 is 0 Å². The summed E-state index contributed by atoms with van der Waals surface area (Å²) >= 11 is 9.23. The summed E-state index contributed by atoms with van der Waals surface area (Å²) in [6, 6.07) is 5.20. The molecule has 1 fully saturated rings. The van der Waals surface area contributed by atoms with E-state index in [4.69, 9.17) is 11.6 Å². The first kappa shape index (κ1) is 13.4. The molecule has 1 atom stereocenters. The highest BCUT2D eigenvalue weighted by Gasteiger charge is 2.24. The van der Waals surface area contributed by atoms with Crippen molar-refractivity contribution in [2.24, 2.45) is 5.92 Å². The lowest BCUT2D eigenvalue weighted by Crippen LogP contribution is -2.40. The van der Waals surface area contributed by atoms with Crippen molar-refractivity contribution in [1.29, 1.82) is 0 Å². The molecule has 18 heavy (non-hydrogen) atoms. The summed E-state index contributed by atoms with van der Waals surface area (Å²) in [5.41, 5.74) is 0.643. The highest BCUT2D eigenvalue weighted by molar-refractivity contribution is 9.10. The van der Waals surface area contributed by atoms with Crippen LogP contribution in [0.4, 0.5) is 5.69 Å². The highest BCUT2D eigenvalue weighted by Crippen LogP contribution is 2.26. The number of carbonyl (C=O) groups excluding carboxylic acids is 2. The van der Waals surface area contributed by atoms with Crippen molar-refractivity contribution in [1.82, 2.24) is 5.32 Å². The lowest BCUT2D eigenvalue weighted by molar-refractivity contribution is -0.126. The Morgan fingerprint density at radius 3 is 2.94 bits per heavy atom. The normalized spacial score (nSPS) is 19.2. The Kier molecular flexibility index (Phi) is 4.24. The summed E-state index contributed by atoms with van der Waals surface area (Å²) in [6.07, 6.45) is 0.977. The van der Waals surface area contributed by atoms with E-state index in [0.29, 0.717) is 30.1 Å². The quantitative estimate of drug-likeness (QED) is 0.875. The number of hydrogen-bond donors (Lipinski definition) is 2. The van der Waals surface area contributed by atoms with Gasteiger partial charge in [0.1, 0.15) is 0 Å². The van der Waals surface area contributed by atoms with E-state index < -0.39 is 0 Å². The van der Waals surface area contributed by atoms with Crippen molar-refractivity contribution >= 4 is 45.0 Å². The minimum atomic E-state index is -0.186. The molecule has 1 unspecified atom stereocenters. The van der Waals surface area contributed by atoms with Crippen LogP contribution < -0.4 is 10.6 Å². The summed E-state index contributed by atoms with van der Waals surface area (Å²) in [6.45, 7) is 0.392. The molecule has 0 saturated carbocycles. The second kappa shape index (κ2) is 5.71. The standard InChI is InChI=1S/C12H12BrClN2O2/c13-9-3-2-8(14)5-10(9)16-12(18)7-1-4-11(17)15-6-7/h2-3,5,7H,1,4,6H2,(H,15,17)(H,16,18). The maximum Gasteiger partial charge on any atom is 0.229 e. The zero-order chi connectivity index (χ0) is 13.1. The van der Waals surface area contributed by atoms with Crippen LogP contribution in [0.15, 0.2) is 22.7 Å². The van der Waals surface area contributed by atoms with Crippen LogP contribution in [0.5, 0.6) is 0 Å². The molecule has 4 nitrogen and oxygen atoms in total. The highest BCUT2D eigenvalue weighted by atomic mass is 79.9. The third-order valence-corrected chi connectivity index (χ3v) is 3.75. The molecule has 0 aromatic heterocycles. The molecule has 0 bridgehead atoms. The maximum absolute atomic E-state index is 12.0. The van der Waals surface area contributed by atoms with E-state index in [1.807, 2.05) is 0 Å². The molecule has 0 aliphatic carbocycles. The number of nitrogens with one attached hydrogen (secondary N) is 2. The lowest BCUT2D eigenvalue weighted by atomic mass is 9.98. The Hall–Kier alpha value is -1.07. The molecule has 2 rings (SSSR count). The predicted octanol–water partition coefficient (Wildman–Crippen LogP) is 2.57. The Morgan fingerprint density at radius 2 is 2.28 bits per heavy atom. The average molecular weight is 332 g/mol. The minimum Gasteiger partial charge on any atom is -0.355 e. The molecule has 0 radical (unpaired) electrons. The van der Waals surface area contributed by atoms with Crippen LogP contribution in [0.1, 0.15) is 12.8 Å². The van der Waals surface area contributed by atoms with Gasteiger partial charge in [-0.1, -0.05) is 11.6 Å². The number of hydrogen-bond acceptors (Lipinski definition) is 2. The fourth-order valence-electron chi connectivity index (χ4n) is 1.78. The molecule has 6 heteroatoms. The largest absolute Gasteiger partial charge is 0.355 e. The molecule has 1 aromatic rings. The zero-order valence-electron chi connectivity index (χ0n) is 9.50. The molecule has 96 valence electrons. The summed E-state index contributed by atoms with van der Waals surface area (Å²) in [5, 5.41) is 6.06. The Balaban J connectivity index is 2.02. The van der Waals surface area contributed by atoms with E-state index in [1.165, 1.54) is 0 Å². The Bertz CT molecular complexity index is 483. The number of rotatable bonds is 2. The molecular formula is C12H12BrClN2O2. The van der Waals surface area contributed by atoms with Gasteiger partial charge in [0, 0.05) is 22.5 Å². The number of anilines is 1. The van der Waals surface area contributed by atoms with Gasteiger partial charge < -0.3 is 10.6 Å².